The number of amides is 2. The minimum Gasteiger partial charge on any atom is -0.353 e. The number of benzene rings is 1. The molecule has 2 rings (SSSR count). The van der Waals surface area contributed by atoms with Crippen molar-refractivity contribution in [1.82, 2.24) is 10.2 Å². The molecule has 0 aliphatic carbocycles. The van der Waals surface area contributed by atoms with Gasteiger partial charge in [-0.2, -0.15) is 0 Å². The lowest BCUT2D eigenvalue weighted by atomic mass is 10.1. The first-order valence-electron chi connectivity index (χ1n) is 6.93. The topological polar surface area (TPSA) is 49.4 Å². The first-order valence-corrected chi connectivity index (χ1v) is 7.31. The van der Waals surface area contributed by atoms with Crippen molar-refractivity contribution in [3.8, 4) is 0 Å². The van der Waals surface area contributed by atoms with Gasteiger partial charge in [0.25, 0.3) is 0 Å². The van der Waals surface area contributed by atoms with Gasteiger partial charge in [0, 0.05) is 31.1 Å². The lowest BCUT2D eigenvalue weighted by molar-refractivity contribution is -0.129. The molecule has 1 aromatic carbocycles. The minimum absolute atomic E-state index is 0.00868. The van der Waals surface area contributed by atoms with Crippen molar-refractivity contribution in [3.63, 3.8) is 0 Å². The summed E-state index contributed by atoms with van der Waals surface area (Å²) >= 11 is 5.91. The van der Waals surface area contributed by atoms with Gasteiger partial charge in [-0.15, -0.1) is 0 Å². The number of nitrogens with zero attached hydrogens (tertiary/aromatic N) is 1. The highest BCUT2D eigenvalue weighted by Crippen LogP contribution is 2.18. The Morgan fingerprint density at radius 3 is 2.95 bits per heavy atom. The highest BCUT2D eigenvalue weighted by molar-refractivity contribution is 6.31. The van der Waals surface area contributed by atoms with Crippen molar-refractivity contribution in [2.45, 2.75) is 31.7 Å². The van der Waals surface area contributed by atoms with Crippen LogP contribution >= 0.6 is 11.6 Å². The average Bonchev–Trinajstić information content (AvgIpc) is 2.58. The fourth-order valence-electron chi connectivity index (χ4n) is 2.37. The normalized spacial score (nSPS) is 19.3. The van der Waals surface area contributed by atoms with Crippen LogP contribution in [-0.4, -0.2) is 36.3 Å². The van der Waals surface area contributed by atoms with Gasteiger partial charge in [-0.1, -0.05) is 17.7 Å². The van der Waals surface area contributed by atoms with Crippen molar-refractivity contribution in [1.29, 1.82) is 0 Å². The van der Waals surface area contributed by atoms with E-state index in [1.807, 2.05) is 0 Å². The van der Waals surface area contributed by atoms with E-state index in [4.69, 9.17) is 11.6 Å². The molecule has 1 aromatic rings. The number of carbonyl (C=O) groups is 2. The Balaban J connectivity index is 1.91. The Morgan fingerprint density at radius 2 is 2.24 bits per heavy atom. The van der Waals surface area contributed by atoms with Crippen LogP contribution in [0.5, 0.6) is 0 Å². The Morgan fingerprint density at radius 1 is 1.48 bits per heavy atom. The molecular formula is C15H18ClFN2O2. The molecule has 21 heavy (non-hydrogen) atoms. The van der Waals surface area contributed by atoms with Crippen LogP contribution in [0.2, 0.25) is 5.02 Å². The second-order valence-electron chi connectivity index (χ2n) is 5.32. The predicted octanol–water partition coefficient (Wildman–Crippen LogP) is 2.15. The van der Waals surface area contributed by atoms with Crippen LogP contribution in [0.15, 0.2) is 18.2 Å². The summed E-state index contributed by atoms with van der Waals surface area (Å²) in [5.74, 6) is -0.478. The van der Waals surface area contributed by atoms with Crippen molar-refractivity contribution in [3.05, 3.63) is 34.6 Å². The number of halogens is 2. The second-order valence-corrected chi connectivity index (χ2v) is 5.73. The number of likely N-dealkylation sites (tertiary alicyclic amines) is 1. The number of rotatable bonds is 3. The zero-order valence-corrected chi connectivity index (χ0v) is 12.6. The van der Waals surface area contributed by atoms with Crippen molar-refractivity contribution in [2.75, 3.05) is 13.6 Å². The molecule has 0 radical (unpaired) electrons. The van der Waals surface area contributed by atoms with Crippen molar-refractivity contribution < 1.29 is 14.0 Å². The van der Waals surface area contributed by atoms with E-state index >= 15 is 0 Å². The molecule has 0 aromatic heterocycles. The van der Waals surface area contributed by atoms with E-state index in [1.54, 1.807) is 11.9 Å². The van der Waals surface area contributed by atoms with Crippen LogP contribution in [0.3, 0.4) is 0 Å². The summed E-state index contributed by atoms with van der Waals surface area (Å²) < 4.78 is 13.0. The molecule has 2 amide bonds. The van der Waals surface area contributed by atoms with E-state index in [0.29, 0.717) is 24.9 Å². The van der Waals surface area contributed by atoms with Gasteiger partial charge in [-0.25, -0.2) is 4.39 Å². The molecule has 1 aliphatic heterocycles. The van der Waals surface area contributed by atoms with Gasteiger partial charge in [-0.3, -0.25) is 9.59 Å². The smallest absolute Gasteiger partial charge is 0.224 e. The Labute approximate surface area is 128 Å². The highest BCUT2D eigenvalue weighted by atomic mass is 35.5. The Bertz CT molecular complexity index is 550. The molecule has 4 nitrogen and oxygen atoms in total. The minimum atomic E-state index is -0.422. The summed E-state index contributed by atoms with van der Waals surface area (Å²) in [7, 11) is 1.77. The molecule has 6 heteroatoms. The van der Waals surface area contributed by atoms with Crippen molar-refractivity contribution in [2.24, 2.45) is 0 Å². The van der Waals surface area contributed by atoms with Gasteiger partial charge in [0.2, 0.25) is 11.8 Å². The maximum Gasteiger partial charge on any atom is 0.224 e. The molecule has 0 bridgehead atoms. The summed E-state index contributed by atoms with van der Waals surface area (Å²) in [6.07, 6.45) is 1.94. The van der Waals surface area contributed by atoms with Crippen LogP contribution in [0.1, 0.15) is 24.8 Å². The number of hydrogen-bond acceptors (Lipinski definition) is 2. The monoisotopic (exact) mass is 312 g/mol. The quantitative estimate of drug-likeness (QED) is 0.929. The molecule has 1 unspecified atom stereocenters. The summed E-state index contributed by atoms with van der Waals surface area (Å²) in [6, 6.07) is 3.99. The molecular weight excluding hydrogens is 295 g/mol. The number of carbonyl (C=O) groups excluding carboxylic acids is 2. The largest absolute Gasteiger partial charge is 0.353 e. The molecule has 0 spiro atoms. The van der Waals surface area contributed by atoms with Gasteiger partial charge in [0.1, 0.15) is 5.82 Å². The lowest BCUT2D eigenvalue weighted by Gasteiger charge is -2.17. The van der Waals surface area contributed by atoms with E-state index in [2.05, 4.69) is 5.32 Å². The standard InChI is InChI=1S/C15H18ClFN2O2/c1-19-7-6-12(4-5-15(19)21)18-14(20)8-10-2-3-11(17)9-13(10)16/h2-3,9,12H,4-8H2,1H3,(H,18,20). The predicted molar refractivity (Wildman–Crippen MR) is 78.5 cm³/mol. The molecule has 1 aliphatic rings. The Hall–Kier alpha value is -1.62. The molecule has 0 saturated carbocycles. The average molecular weight is 313 g/mol. The molecule has 1 atom stereocenters. The molecule has 1 fully saturated rings. The summed E-state index contributed by atoms with van der Waals surface area (Å²) in [4.78, 5) is 25.3. The van der Waals surface area contributed by atoms with Gasteiger partial charge in [-0.05, 0) is 30.5 Å². The number of hydrogen-bond donors (Lipinski definition) is 1. The van der Waals surface area contributed by atoms with E-state index in [9.17, 15) is 14.0 Å². The van der Waals surface area contributed by atoms with E-state index < -0.39 is 5.82 Å². The zero-order chi connectivity index (χ0) is 15.4. The van der Waals surface area contributed by atoms with E-state index in [1.165, 1.54) is 18.2 Å². The SMILES string of the molecule is CN1CCC(NC(=O)Cc2ccc(F)cc2Cl)CCC1=O. The summed E-state index contributed by atoms with van der Waals surface area (Å²) in [6.45, 7) is 0.640. The van der Waals surface area contributed by atoms with E-state index in [0.717, 1.165) is 6.42 Å². The Kier molecular flexibility index (Phi) is 5.17. The van der Waals surface area contributed by atoms with Crippen LogP contribution in [0.4, 0.5) is 4.39 Å². The van der Waals surface area contributed by atoms with Gasteiger partial charge < -0.3 is 10.2 Å². The second kappa shape index (κ2) is 6.89. The molecule has 114 valence electrons. The maximum absolute atomic E-state index is 13.0. The van der Waals surface area contributed by atoms with Gasteiger partial charge in [0.15, 0.2) is 0 Å². The highest BCUT2D eigenvalue weighted by Gasteiger charge is 2.21. The first kappa shape index (κ1) is 15.8. The van der Waals surface area contributed by atoms with E-state index in [-0.39, 0.29) is 29.3 Å². The number of nitrogens with one attached hydrogen (secondary N) is 1. The fourth-order valence-corrected chi connectivity index (χ4v) is 2.60. The van der Waals surface area contributed by atoms with Crippen LogP contribution in [0.25, 0.3) is 0 Å². The van der Waals surface area contributed by atoms with Gasteiger partial charge in [0.05, 0.1) is 6.42 Å². The summed E-state index contributed by atoms with van der Waals surface area (Å²) in [5.41, 5.74) is 0.595. The van der Waals surface area contributed by atoms with Crippen LogP contribution in [-0.2, 0) is 16.0 Å². The molecule has 1 heterocycles. The molecule has 1 saturated heterocycles. The van der Waals surface area contributed by atoms with Crippen LogP contribution < -0.4 is 5.32 Å². The van der Waals surface area contributed by atoms with Crippen LogP contribution in [0, 0.1) is 5.82 Å². The maximum atomic E-state index is 13.0. The van der Waals surface area contributed by atoms with Gasteiger partial charge >= 0.3 is 0 Å². The third kappa shape index (κ3) is 4.43. The summed E-state index contributed by atoms with van der Waals surface area (Å²) in [5, 5.41) is 3.17. The lowest BCUT2D eigenvalue weighted by Crippen LogP contribution is -2.36. The molecule has 1 N–H and O–H groups in total. The first-order chi connectivity index (χ1) is 9.95. The van der Waals surface area contributed by atoms with Crippen molar-refractivity contribution >= 4 is 23.4 Å². The fraction of sp³-hybridized carbons (Fsp3) is 0.467. The third-order valence-corrected chi connectivity index (χ3v) is 4.03. The zero-order valence-electron chi connectivity index (χ0n) is 11.9. The third-order valence-electron chi connectivity index (χ3n) is 3.68.